The molecular weight excluding hydrogens is 616 g/mol. The molecule has 6 rings (SSSR count). The number of halogens is 2. The Kier molecular flexibility index (Phi) is 9.19. The van der Waals surface area contributed by atoms with Crippen LogP contribution in [0.2, 0.25) is 0 Å². The van der Waals surface area contributed by atoms with Gasteiger partial charge in [0.15, 0.2) is 9.84 Å². The average molecular weight is 658 g/mol. The van der Waals surface area contributed by atoms with Gasteiger partial charge in [0, 0.05) is 63.4 Å². The quantitative estimate of drug-likeness (QED) is 0.450. The minimum atomic E-state index is -3.37. The second-order valence-corrected chi connectivity index (χ2v) is 15.3. The Morgan fingerprint density at radius 2 is 1.61 bits per heavy atom. The summed E-state index contributed by atoms with van der Waals surface area (Å²) in [6.07, 6.45) is 2.31. The lowest BCUT2D eigenvalue weighted by atomic mass is 9.91. The fourth-order valence-corrected chi connectivity index (χ4v) is 7.98. The van der Waals surface area contributed by atoms with Crippen LogP contribution >= 0.6 is 0 Å². The number of carbonyl (C=O) groups excluding carboxylic acids is 3. The van der Waals surface area contributed by atoms with E-state index in [4.69, 9.17) is 0 Å². The van der Waals surface area contributed by atoms with Gasteiger partial charge in [-0.15, -0.1) is 0 Å². The van der Waals surface area contributed by atoms with Crippen LogP contribution in [-0.2, 0) is 43.7 Å². The van der Waals surface area contributed by atoms with Crippen molar-refractivity contribution in [2.75, 3.05) is 19.3 Å². The summed E-state index contributed by atoms with van der Waals surface area (Å²) in [6, 6.07) is 12.0. The number of sulfone groups is 1. The molecule has 1 saturated carbocycles. The molecule has 2 saturated heterocycles. The van der Waals surface area contributed by atoms with Crippen molar-refractivity contribution in [3.8, 4) is 0 Å². The predicted octanol–water partition coefficient (Wildman–Crippen LogP) is 2.16. The van der Waals surface area contributed by atoms with Crippen molar-refractivity contribution in [2.45, 2.75) is 99.1 Å². The van der Waals surface area contributed by atoms with Crippen LogP contribution in [0.25, 0.3) is 0 Å². The predicted molar refractivity (Wildman–Crippen MR) is 167 cm³/mol. The van der Waals surface area contributed by atoms with Crippen LogP contribution < -0.4 is 16.0 Å². The second kappa shape index (κ2) is 13.0. The fourth-order valence-electron chi connectivity index (χ4n) is 7.35. The molecule has 248 valence electrons. The molecule has 10 nitrogen and oxygen atoms in total. The van der Waals surface area contributed by atoms with E-state index in [0.717, 1.165) is 22.9 Å². The zero-order valence-electron chi connectivity index (χ0n) is 25.9. The maximum absolute atomic E-state index is 14.4. The Morgan fingerprint density at radius 1 is 0.913 bits per heavy atom. The van der Waals surface area contributed by atoms with Crippen LogP contribution in [0, 0.1) is 0 Å². The Labute approximate surface area is 268 Å². The molecule has 0 spiro atoms. The summed E-state index contributed by atoms with van der Waals surface area (Å²) < 4.78 is 51.6. The molecule has 13 heteroatoms. The molecule has 0 radical (unpaired) electrons. The highest BCUT2D eigenvalue weighted by atomic mass is 32.2. The number of amides is 3. The number of alkyl halides is 2. The van der Waals surface area contributed by atoms with E-state index in [0.29, 0.717) is 38.8 Å². The largest absolute Gasteiger partial charge is 0.352 e. The van der Waals surface area contributed by atoms with Crippen molar-refractivity contribution in [3.63, 3.8) is 0 Å². The number of likely N-dealkylation sites (tertiary alicyclic amines) is 1. The number of fused-ring (bicyclic) bond motifs is 4. The standard InChI is InChI=1S/C33H41F2N5O5S/c1-46(44,45)27-8-6-21(7-9-27)18-39-19-25-16-29(39)32(43)40-20-26(37-24-10-12-33(34,35)13-11-24)15-28(40)31(42)36-17-23-5-3-2-4-22(23)14-30(41)38-25/h2-9,24-26,28-29,37H,10-20H2,1H3,(H,36,42)(H,38,41)/t25-,26+,28+,29+/m1/s1. The van der Waals surface area contributed by atoms with Crippen LogP contribution in [0.15, 0.2) is 53.4 Å². The molecule has 3 amide bonds. The smallest absolute Gasteiger partial charge is 0.248 e. The first-order valence-electron chi connectivity index (χ1n) is 16.0. The van der Waals surface area contributed by atoms with E-state index in [1.165, 1.54) is 0 Å². The van der Waals surface area contributed by atoms with E-state index in [-0.39, 0.29) is 73.1 Å². The molecule has 46 heavy (non-hydrogen) atoms. The molecule has 0 aromatic heterocycles. The average Bonchev–Trinajstić information content (AvgIpc) is 3.60. The molecule has 3 N–H and O–H groups in total. The molecule has 3 fully saturated rings. The molecule has 2 aromatic carbocycles. The van der Waals surface area contributed by atoms with E-state index >= 15 is 0 Å². The maximum atomic E-state index is 14.4. The molecule has 3 aliphatic heterocycles. The number of carbonyl (C=O) groups is 3. The normalized spacial score (nSPS) is 27.8. The molecule has 3 heterocycles. The number of nitrogens with zero attached hydrogens (tertiary/aromatic N) is 2. The number of nitrogens with one attached hydrogen (secondary N) is 3. The molecular formula is C33H41F2N5O5S. The Morgan fingerprint density at radius 3 is 2.30 bits per heavy atom. The third-order valence-electron chi connectivity index (χ3n) is 9.79. The number of benzene rings is 2. The van der Waals surface area contributed by atoms with Gasteiger partial charge in [-0.2, -0.15) is 0 Å². The van der Waals surface area contributed by atoms with E-state index < -0.39 is 27.8 Å². The third kappa shape index (κ3) is 7.42. The van der Waals surface area contributed by atoms with E-state index in [1.807, 2.05) is 29.2 Å². The van der Waals surface area contributed by atoms with Crippen LogP contribution in [-0.4, -0.2) is 91.4 Å². The van der Waals surface area contributed by atoms with Crippen LogP contribution in [0.1, 0.15) is 55.2 Å². The SMILES string of the molecule is CS(=O)(=O)c1ccc(CN2C[C@H]3C[C@H]2C(=O)N2C[C@@H](NC4CCC(F)(F)CC4)C[C@H]2C(=O)NCc2ccccc2CC(=O)N3)cc1. The summed E-state index contributed by atoms with van der Waals surface area (Å²) in [5, 5.41) is 9.58. The summed E-state index contributed by atoms with van der Waals surface area (Å²) in [4.78, 5) is 45.1. The van der Waals surface area contributed by atoms with Gasteiger partial charge in [0.25, 0.3) is 0 Å². The van der Waals surface area contributed by atoms with Crippen molar-refractivity contribution in [1.29, 1.82) is 0 Å². The summed E-state index contributed by atoms with van der Waals surface area (Å²) >= 11 is 0. The van der Waals surface area contributed by atoms with Gasteiger partial charge in [-0.25, -0.2) is 17.2 Å². The van der Waals surface area contributed by atoms with Gasteiger partial charge < -0.3 is 20.9 Å². The first-order valence-corrected chi connectivity index (χ1v) is 17.8. The van der Waals surface area contributed by atoms with Gasteiger partial charge in [0.2, 0.25) is 23.6 Å². The number of hydrogen-bond donors (Lipinski definition) is 3. The van der Waals surface area contributed by atoms with Gasteiger partial charge in [0.05, 0.1) is 17.4 Å². The summed E-state index contributed by atoms with van der Waals surface area (Å²) in [5.41, 5.74) is 2.44. The molecule has 2 aromatic rings. The van der Waals surface area contributed by atoms with Gasteiger partial charge in [0.1, 0.15) is 6.04 Å². The fraction of sp³-hybridized carbons (Fsp3) is 0.545. The van der Waals surface area contributed by atoms with E-state index in [1.54, 1.807) is 29.2 Å². The monoisotopic (exact) mass is 657 g/mol. The van der Waals surface area contributed by atoms with E-state index in [9.17, 15) is 31.6 Å². The Hall–Kier alpha value is -3.42. The van der Waals surface area contributed by atoms with Gasteiger partial charge >= 0.3 is 0 Å². The zero-order valence-corrected chi connectivity index (χ0v) is 26.7. The van der Waals surface area contributed by atoms with Gasteiger partial charge in [-0.05, 0) is 54.5 Å². The van der Waals surface area contributed by atoms with Crippen LogP contribution in [0.4, 0.5) is 8.78 Å². The molecule has 4 aliphatic rings. The van der Waals surface area contributed by atoms with Crippen molar-refractivity contribution >= 4 is 27.6 Å². The van der Waals surface area contributed by atoms with Crippen LogP contribution in [0.5, 0.6) is 0 Å². The first kappa shape index (κ1) is 32.5. The lowest BCUT2D eigenvalue weighted by molar-refractivity contribution is -0.142. The Balaban J connectivity index is 1.27. The van der Waals surface area contributed by atoms with Gasteiger partial charge in [-0.3, -0.25) is 19.3 Å². The third-order valence-corrected chi connectivity index (χ3v) is 10.9. The minimum Gasteiger partial charge on any atom is -0.352 e. The highest BCUT2D eigenvalue weighted by molar-refractivity contribution is 7.90. The second-order valence-electron chi connectivity index (χ2n) is 13.3. The molecule has 0 unspecified atom stereocenters. The molecule has 1 aliphatic carbocycles. The number of rotatable bonds is 5. The lowest BCUT2D eigenvalue weighted by Gasteiger charge is -2.32. The minimum absolute atomic E-state index is 0.109. The van der Waals surface area contributed by atoms with E-state index in [2.05, 4.69) is 16.0 Å². The molecule has 4 atom stereocenters. The summed E-state index contributed by atoms with van der Waals surface area (Å²) in [5.74, 6) is -3.34. The van der Waals surface area contributed by atoms with Crippen LogP contribution in [0.3, 0.4) is 0 Å². The highest BCUT2D eigenvalue weighted by Gasteiger charge is 2.47. The van der Waals surface area contributed by atoms with Crippen molar-refractivity contribution < 1.29 is 31.6 Å². The number of hydrogen-bond acceptors (Lipinski definition) is 7. The topological polar surface area (TPSA) is 128 Å². The Bertz CT molecular complexity index is 1580. The van der Waals surface area contributed by atoms with Crippen molar-refractivity contribution in [2.24, 2.45) is 0 Å². The summed E-state index contributed by atoms with van der Waals surface area (Å²) in [6.45, 7) is 1.22. The lowest BCUT2D eigenvalue weighted by Crippen LogP contribution is -2.52. The van der Waals surface area contributed by atoms with Crippen molar-refractivity contribution in [1.82, 2.24) is 25.8 Å². The maximum Gasteiger partial charge on any atom is 0.248 e. The van der Waals surface area contributed by atoms with Gasteiger partial charge in [-0.1, -0.05) is 36.4 Å². The zero-order chi connectivity index (χ0) is 32.6. The first-order chi connectivity index (χ1) is 21.8. The summed E-state index contributed by atoms with van der Waals surface area (Å²) in [7, 11) is -3.37. The highest BCUT2D eigenvalue weighted by Crippen LogP contribution is 2.34. The molecule has 2 bridgehead atoms. The van der Waals surface area contributed by atoms with Crippen molar-refractivity contribution in [3.05, 3.63) is 65.2 Å².